The number of non-ortho nitro benzene ring substituents is 1. The summed E-state index contributed by atoms with van der Waals surface area (Å²) in [4.78, 5) is 22.6. The molecule has 0 atom stereocenters. The summed E-state index contributed by atoms with van der Waals surface area (Å²) in [5.74, 6) is 1.25. The second-order valence-corrected chi connectivity index (χ2v) is 8.83. The van der Waals surface area contributed by atoms with E-state index in [1.165, 1.54) is 19.2 Å². The number of nitrogens with zero attached hydrogens (tertiary/aromatic N) is 2. The van der Waals surface area contributed by atoms with E-state index in [0.717, 1.165) is 16.6 Å². The van der Waals surface area contributed by atoms with Crippen LogP contribution < -0.4 is 23.8 Å². The summed E-state index contributed by atoms with van der Waals surface area (Å²) < 4.78 is 41.4. The third-order valence-electron chi connectivity index (χ3n) is 4.56. The maximum absolute atomic E-state index is 12.3. The molecule has 0 aliphatic heterocycles. The van der Waals surface area contributed by atoms with Crippen molar-refractivity contribution in [3.8, 4) is 17.2 Å². The van der Waals surface area contributed by atoms with Crippen molar-refractivity contribution in [2.75, 3.05) is 44.5 Å². The zero-order valence-electron chi connectivity index (χ0n) is 18.6. The predicted molar refractivity (Wildman–Crippen MR) is 123 cm³/mol. The van der Waals surface area contributed by atoms with Gasteiger partial charge in [0.25, 0.3) is 5.69 Å². The van der Waals surface area contributed by atoms with Crippen LogP contribution in [0.1, 0.15) is 12.8 Å². The Kier molecular flexibility index (Phi) is 9.28. The average Bonchev–Trinajstić information content (AvgIpc) is 2.78. The van der Waals surface area contributed by atoms with Gasteiger partial charge in [-0.25, -0.2) is 8.42 Å². The minimum atomic E-state index is -3.78. The highest BCUT2D eigenvalue weighted by atomic mass is 32.2. The van der Waals surface area contributed by atoms with E-state index in [4.69, 9.17) is 14.2 Å². The fraction of sp³-hybridized carbons (Fsp3) is 0.381. The second-order valence-electron chi connectivity index (χ2n) is 6.93. The Labute approximate surface area is 192 Å². The first-order valence-electron chi connectivity index (χ1n) is 9.99. The Bertz CT molecular complexity index is 1060. The molecule has 0 bridgehead atoms. The van der Waals surface area contributed by atoms with E-state index < -0.39 is 14.9 Å². The van der Waals surface area contributed by atoms with Crippen molar-refractivity contribution in [3.63, 3.8) is 0 Å². The first-order chi connectivity index (χ1) is 15.7. The van der Waals surface area contributed by atoms with Gasteiger partial charge in [-0.15, -0.1) is 0 Å². The van der Waals surface area contributed by atoms with Crippen molar-refractivity contribution in [2.24, 2.45) is 0 Å². The number of nitro groups is 1. The normalized spacial score (nSPS) is 10.9. The van der Waals surface area contributed by atoms with Gasteiger partial charge in [-0.2, -0.15) is 0 Å². The lowest BCUT2D eigenvalue weighted by Crippen LogP contribution is -2.33. The molecule has 33 heavy (non-hydrogen) atoms. The first kappa shape index (κ1) is 25.7. The molecule has 180 valence electrons. The smallest absolute Gasteiger partial charge is 0.271 e. The van der Waals surface area contributed by atoms with Crippen molar-refractivity contribution in [1.29, 1.82) is 0 Å². The number of methoxy groups -OCH3 is 2. The van der Waals surface area contributed by atoms with Gasteiger partial charge in [0.1, 0.15) is 29.5 Å². The molecule has 1 N–H and O–H groups in total. The minimum Gasteiger partial charge on any atom is -0.497 e. The van der Waals surface area contributed by atoms with E-state index in [1.54, 1.807) is 31.4 Å². The van der Waals surface area contributed by atoms with E-state index in [0.29, 0.717) is 11.5 Å². The van der Waals surface area contributed by atoms with Gasteiger partial charge in [-0.3, -0.25) is 19.2 Å². The number of anilines is 1. The monoisotopic (exact) mass is 481 g/mol. The van der Waals surface area contributed by atoms with Gasteiger partial charge in [0.05, 0.1) is 31.9 Å². The van der Waals surface area contributed by atoms with Gasteiger partial charge in [0, 0.05) is 25.1 Å². The molecule has 0 aromatic heterocycles. The fourth-order valence-corrected chi connectivity index (χ4v) is 3.92. The highest BCUT2D eigenvalue weighted by molar-refractivity contribution is 7.92. The van der Waals surface area contributed by atoms with Crippen LogP contribution in [0.2, 0.25) is 0 Å². The highest BCUT2D eigenvalue weighted by Crippen LogP contribution is 2.33. The lowest BCUT2D eigenvalue weighted by molar-refractivity contribution is -0.384. The number of rotatable bonds is 13. The van der Waals surface area contributed by atoms with E-state index in [9.17, 15) is 23.3 Å². The number of hydrogen-bond acceptors (Lipinski definition) is 8. The highest BCUT2D eigenvalue weighted by Gasteiger charge is 2.24. The summed E-state index contributed by atoms with van der Waals surface area (Å²) >= 11 is 0. The first-order valence-corrected chi connectivity index (χ1v) is 11.8. The van der Waals surface area contributed by atoms with Gasteiger partial charge in [-0.1, -0.05) is 0 Å². The maximum atomic E-state index is 12.3. The molecule has 0 aliphatic rings. The van der Waals surface area contributed by atoms with Crippen LogP contribution in [0.15, 0.2) is 42.5 Å². The number of sulfonamides is 1. The van der Waals surface area contributed by atoms with Gasteiger partial charge in [-0.05, 0) is 36.8 Å². The molecule has 12 heteroatoms. The number of nitrogens with one attached hydrogen (secondary N) is 1. The molecule has 11 nitrogen and oxygen atoms in total. The van der Waals surface area contributed by atoms with Crippen LogP contribution in [0, 0.1) is 10.1 Å². The van der Waals surface area contributed by atoms with Crippen molar-refractivity contribution in [1.82, 2.24) is 5.32 Å². The van der Waals surface area contributed by atoms with Gasteiger partial charge in [0.2, 0.25) is 15.9 Å². The van der Waals surface area contributed by atoms with Gasteiger partial charge < -0.3 is 19.5 Å². The van der Waals surface area contributed by atoms with Crippen LogP contribution in [-0.2, 0) is 14.8 Å². The molecular weight excluding hydrogens is 454 g/mol. The molecular formula is C21H27N3O8S. The largest absolute Gasteiger partial charge is 0.497 e. The minimum absolute atomic E-state index is 0.0440. The SMILES string of the molecule is COc1ccc(OCCNC(=O)CCCN(c2cc([N+](=O)[O-])ccc2OC)S(C)(=O)=O)cc1. The van der Waals surface area contributed by atoms with E-state index in [-0.39, 0.29) is 55.6 Å². The lowest BCUT2D eigenvalue weighted by Gasteiger charge is -2.24. The molecule has 0 saturated carbocycles. The zero-order chi connectivity index (χ0) is 24.4. The summed E-state index contributed by atoms with van der Waals surface area (Å²) in [6.45, 7) is 0.490. The third kappa shape index (κ3) is 7.83. The van der Waals surface area contributed by atoms with Crippen LogP contribution in [0.4, 0.5) is 11.4 Å². The van der Waals surface area contributed by atoms with Gasteiger partial charge >= 0.3 is 0 Å². The summed E-state index contributed by atoms with van der Waals surface area (Å²) in [5.41, 5.74) is -0.225. The number of amides is 1. The molecule has 2 aromatic carbocycles. The molecule has 2 rings (SSSR count). The summed E-state index contributed by atoms with van der Waals surface area (Å²) in [7, 11) is -0.867. The van der Waals surface area contributed by atoms with Crippen molar-refractivity contribution in [2.45, 2.75) is 12.8 Å². The van der Waals surface area contributed by atoms with Crippen LogP contribution in [0.25, 0.3) is 0 Å². The van der Waals surface area contributed by atoms with Crippen LogP contribution in [0.3, 0.4) is 0 Å². The molecule has 0 fully saturated rings. The van der Waals surface area contributed by atoms with E-state index in [2.05, 4.69) is 5.32 Å². The Morgan fingerprint density at radius 1 is 1.09 bits per heavy atom. The Morgan fingerprint density at radius 3 is 2.33 bits per heavy atom. The van der Waals surface area contributed by atoms with E-state index in [1.807, 2.05) is 0 Å². The quantitative estimate of drug-likeness (QED) is 0.261. The van der Waals surface area contributed by atoms with Crippen LogP contribution in [0.5, 0.6) is 17.2 Å². The maximum Gasteiger partial charge on any atom is 0.271 e. The molecule has 2 aromatic rings. The average molecular weight is 482 g/mol. The van der Waals surface area contributed by atoms with Gasteiger partial charge in [0.15, 0.2) is 0 Å². The standard InChI is InChI=1S/C21H27N3O8S/c1-30-17-7-9-18(10-8-17)32-14-12-22-21(25)5-4-13-23(33(3,28)29)19-15-16(24(26)27)6-11-20(19)31-2/h6-11,15H,4-5,12-14H2,1-3H3,(H,22,25). The zero-order valence-corrected chi connectivity index (χ0v) is 19.5. The summed E-state index contributed by atoms with van der Waals surface area (Å²) in [5, 5.41) is 13.8. The van der Waals surface area contributed by atoms with E-state index >= 15 is 0 Å². The molecule has 0 spiro atoms. The number of nitro benzene ring substituents is 1. The Morgan fingerprint density at radius 2 is 1.76 bits per heavy atom. The topological polar surface area (TPSA) is 137 Å². The number of ether oxygens (including phenoxy) is 3. The van der Waals surface area contributed by atoms with Crippen LogP contribution >= 0.6 is 0 Å². The number of hydrogen-bond donors (Lipinski definition) is 1. The summed E-state index contributed by atoms with van der Waals surface area (Å²) in [6, 6.07) is 10.7. The molecule has 0 aliphatic carbocycles. The third-order valence-corrected chi connectivity index (χ3v) is 5.74. The molecule has 0 unspecified atom stereocenters. The number of carbonyl (C=O) groups is 1. The Hall–Kier alpha value is -3.54. The van der Waals surface area contributed by atoms with Crippen molar-refractivity contribution < 1.29 is 32.3 Å². The molecule has 0 heterocycles. The number of carbonyl (C=O) groups excluding carboxylic acids is 1. The predicted octanol–water partition coefficient (Wildman–Crippen LogP) is 2.35. The summed E-state index contributed by atoms with van der Waals surface area (Å²) in [6.07, 6.45) is 1.25. The number of benzene rings is 2. The van der Waals surface area contributed by atoms with Crippen LogP contribution in [-0.4, -0.2) is 59.4 Å². The lowest BCUT2D eigenvalue weighted by atomic mass is 10.2. The van der Waals surface area contributed by atoms with Crippen molar-refractivity contribution >= 4 is 27.3 Å². The molecule has 0 radical (unpaired) electrons. The van der Waals surface area contributed by atoms with Crippen molar-refractivity contribution in [3.05, 3.63) is 52.6 Å². The molecule has 1 amide bonds. The fourth-order valence-electron chi connectivity index (χ4n) is 2.95. The molecule has 0 saturated heterocycles. The Balaban J connectivity index is 1.88. The second kappa shape index (κ2) is 11.9.